The number of fused-ring (bicyclic) bond motifs is 3. The Bertz CT molecular complexity index is 987. The average molecular weight is 439 g/mol. The summed E-state index contributed by atoms with van der Waals surface area (Å²) in [5.74, 6) is -1.82. The number of hydrogen-bond donors (Lipinski definition) is 3. The molecule has 0 saturated carbocycles. The first-order chi connectivity index (χ1) is 15.1. The smallest absolute Gasteiger partial charge is 0.408 e. The number of rotatable bonds is 8. The third-order valence-corrected chi connectivity index (χ3v) is 5.93. The van der Waals surface area contributed by atoms with Gasteiger partial charge in [0.15, 0.2) is 0 Å². The molecule has 0 bridgehead atoms. The van der Waals surface area contributed by atoms with Crippen LogP contribution in [0.5, 0.6) is 0 Å². The van der Waals surface area contributed by atoms with Crippen LogP contribution in [0.2, 0.25) is 0 Å². The second kappa shape index (κ2) is 9.02. The highest BCUT2D eigenvalue weighted by Crippen LogP contribution is 2.44. The minimum atomic E-state index is -1.46. The SMILES string of the molecule is CCCC(C)(NC(=O)OCC1c2ccccc2-c2ccccc21)C(=O)NC(C)(C)C(=O)O. The molecule has 0 aromatic heterocycles. The van der Waals surface area contributed by atoms with E-state index < -0.39 is 29.0 Å². The number of aliphatic carboxylic acids is 1. The lowest BCUT2D eigenvalue weighted by molar-refractivity contribution is -0.147. The summed E-state index contributed by atoms with van der Waals surface area (Å²) in [7, 11) is 0. The monoisotopic (exact) mass is 438 g/mol. The molecular formula is C25H30N2O5. The molecule has 7 nitrogen and oxygen atoms in total. The molecule has 0 aliphatic heterocycles. The van der Waals surface area contributed by atoms with Crippen LogP contribution in [0, 0.1) is 0 Å². The molecule has 3 N–H and O–H groups in total. The maximum absolute atomic E-state index is 12.9. The molecular weight excluding hydrogens is 408 g/mol. The summed E-state index contributed by atoms with van der Waals surface area (Å²) >= 11 is 0. The molecule has 32 heavy (non-hydrogen) atoms. The molecule has 0 radical (unpaired) electrons. The molecule has 3 rings (SSSR count). The number of ether oxygens (including phenoxy) is 1. The number of benzene rings is 2. The van der Waals surface area contributed by atoms with Crippen LogP contribution in [0.25, 0.3) is 11.1 Å². The van der Waals surface area contributed by atoms with Gasteiger partial charge in [-0.2, -0.15) is 0 Å². The van der Waals surface area contributed by atoms with E-state index in [1.54, 1.807) is 6.92 Å². The van der Waals surface area contributed by atoms with Crippen LogP contribution in [0.4, 0.5) is 4.79 Å². The van der Waals surface area contributed by atoms with Gasteiger partial charge in [0.05, 0.1) is 0 Å². The molecule has 2 amide bonds. The fourth-order valence-corrected chi connectivity index (χ4v) is 4.07. The minimum absolute atomic E-state index is 0.0923. The van der Waals surface area contributed by atoms with E-state index >= 15 is 0 Å². The van der Waals surface area contributed by atoms with Gasteiger partial charge in [0.25, 0.3) is 0 Å². The molecule has 1 aliphatic rings. The summed E-state index contributed by atoms with van der Waals surface area (Å²) in [4.78, 5) is 36.9. The van der Waals surface area contributed by atoms with E-state index in [9.17, 15) is 19.5 Å². The first kappa shape index (κ1) is 23.3. The summed E-state index contributed by atoms with van der Waals surface area (Å²) < 4.78 is 5.56. The number of alkyl carbamates (subject to hydrolysis) is 1. The Morgan fingerprint density at radius 1 is 0.938 bits per heavy atom. The molecule has 170 valence electrons. The molecule has 7 heteroatoms. The summed E-state index contributed by atoms with van der Waals surface area (Å²) in [5, 5.41) is 14.5. The van der Waals surface area contributed by atoms with Crippen molar-refractivity contribution in [2.75, 3.05) is 6.61 Å². The Labute approximate surface area is 188 Å². The Morgan fingerprint density at radius 2 is 1.47 bits per heavy atom. The van der Waals surface area contributed by atoms with Crippen molar-refractivity contribution >= 4 is 18.0 Å². The topological polar surface area (TPSA) is 105 Å². The maximum Gasteiger partial charge on any atom is 0.408 e. The van der Waals surface area contributed by atoms with Crippen LogP contribution in [-0.2, 0) is 14.3 Å². The van der Waals surface area contributed by atoms with E-state index in [-0.39, 0.29) is 12.5 Å². The van der Waals surface area contributed by atoms with Gasteiger partial charge < -0.3 is 20.5 Å². The van der Waals surface area contributed by atoms with Crippen molar-refractivity contribution in [2.45, 2.75) is 57.5 Å². The highest BCUT2D eigenvalue weighted by Gasteiger charge is 2.40. The Hall–Kier alpha value is -3.35. The lowest BCUT2D eigenvalue weighted by atomic mass is 9.93. The summed E-state index contributed by atoms with van der Waals surface area (Å²) in [5.41, 5.74) is 1.68. The zero-order valence-electron chi connectivity index (χ0n) is 18.9. The predicted octanol–water partition coefficient (Wildman–Crippen LogP) is 4.06. The first-order valence-electron chi connectivity index (χ1n) is 10.8. The van der Waals surface area contributed by atoms with E-state index in [0.717, 1.165) is 22.3 Å². The number of carboxylic acid groups (broad SMARTS) is 1. The van der Waals surface area contributed by atoms with E-state index in [0.29, 0.717) is 12.8 Å². The number of hydrogen-bond acceptors (Lipinski definition) is 4. The van der Waals surface area contributed by atoms with Crippen molar-refractivity contribution in [3.05, 3.63) is 59.7 Å². The van der Waals surface area contributed by atoms with Crippen LogP contribution in [0.1, 0.15) is 57.6 Å². The molecule has 0 spiro atoms. The summed E-state index contributed by atoms with van der Waals surface area (Å²) in [6.45, 7) is 6.38. The molecule has 1 unspecified atom stereocenters. The number of carboxylic acids is 1. The predicted molar refractivity (Wildman–Crippen MR) is 121 cm³/mol. The second-order valence-corrected chi connectivity index (χ2v) is 8.92. The van der Waals surface area contributed by atoms with Crippen molar-refractivity contribution < 1.29 is 24.2 Å². The van der Waals surface area contributed by atoms with Crippen molar-refractivity contribution in [3.63, 3.8) is 0 Å². The fourth-order valence-electron chi connectivity index (χ4n) is 4.07. The fraction of sp³-hybridized carbons (Fsp3) is 0.400. The third kappa shape index (κ3) is 4.61. The van der Waals surface area contributed by atoms with Gasteiger partial charge in [0.2, 0.25) is 5.91 Å². The number of amides is 2. The Kier molecular flexibility index (Phi) is 6.57. The lowest BCUT2D eigenvalue weighted by Crippen LogP contribution is -2.62. The van der Waals surface area contributed by atoms with E-state index in [2.05, 4.69) is 22.8 Å². The number of carbonyl (C=O) groups is 3. The zero-order valence-corrected chi connectivity index (χ0v) is 18.9. The van der Waals surface area contributed by atoms with Gasteiger partial charge in [-0.05, 0) is 49.4 Å². The van der Waals surface area contributed by atoms with Crippen LogP contribution < -0.4 is 10.6 Å². The van der Waals surface area contributed by atoms with Gasteiger partial charge in [0.1, 0.15) is 17.7 Å². The van der Waals surface area contributed by atoms with E-state index in [4.69, 9.17) is 4.74 Å². The van der Waals surface area contributed by atoms with Crippen LogP contribution >= 0.6 is 0 Å². The van der Waals surface area contributed by atoms with Gasteiger partial charge in [-0.1, -0.05) is 61.9 Å². The molecule has 0 saturated heterocycles. The van der Waals surface area contributed by atoms with E-state index in [1.165, 1.54) is 13.8 Å². The lowest BCUT2D eigenvalue weighted by Gasteiger charge is -2.32. The molecule has 2 aromatic carbocycles. The second-order valence-electron chi connectivity index (χ2n) is 8.92. The number of carbonyl (C=O) groups excluding carboxylic acids is 2. The van der Waals surface area contributed by atoms with Gasteiger partial charge >= 0.3 is 12.1 Å². The summed E-state index contributed by atoms with van der Waals surface area (Å²) in [6, 6.07) is 16.1. The van der Waals surface area contributed by atoms with Crippen LogP contribution in [-0.4, -0.2) is 40.8 Å². The van der Waals surface area contributed by atoms with Crippen LogP contribution in [0.15, 0.2) is 48.5 Å². The molecule has 1 atom stereocenters. The molecule has 0 fully saturated rings. The zero-order chi connectivity index (χ0) is 23.5. The van der Waals surface area contributed by atoms with Gasteiger partial charge in [0, 0.05) is 5.92 Å². The third-order valence-electron chi connectivity index (χ3n) is 5.93. The van der Waals surface area contributed by atoms with Crippen molar-refractivity contribution in [2.24, 2.45) is 0 Å². The molecule has 1 aliphatic carbocycles. The van der Waals surface area contributed by atoms with Crippen molar-refractivity contribution in [1.29, 1.82) is 0 Å². The highest BCUT2D eigenvalue weighted by atomic mass is 16.5. The van der Waals surface area contributed by atoms with Gasteiger partial charge in [-0.3, -0.25) is 4.79 Å². The quantitative estimate of drug-likeness (QED) is 0.576. The maximum atomic E-state index is 12.9. The standard InChI is InChI=1S/C25H30N2O5/c1-5-14-25(4,21(28)26-24(2,3)22(29)30)27-23(31)32-15-20-18-12-8-6-10-16(18)17-11-7-9-13-19(17)20/h6-13,20H,5,14-15H2,1-4H3,(H,26,28)(H,27,31)(H,29,30). The van der Waals surface area contributed by atoms with Crippen LogP contribution in [0.3, 0.4) is 0 Å². The normalized spacial score (nSPS) is 14.6. The minimum Gasteiger partial charge on any atom is -0.480 e. The molecule has 2 aromatic rings. The average Bonchev–Trinajstić information content (AvgIpc) is 3.06. The van der Waals surface area contributed by atoms with Crippen molar-refractivity contribution in [1.82, 2.24) is 10.6 Å². The largest absolute Gasteiger partial charge is 0.480 e. The van der Waals surface area contributed by atoms with Gasteiger partial charge in [-0.25, -0.2) is 9.59 Å². The first-order valence-corrected chi connectivity index (χ1v) is 10.8. The summed E-state index contributed by atoms with van der Waals surface area (Å²) in [6.07, 6.45) is 0.228. The highest BCUT2D eigenvalue weighted by molar-refractivity contribution is 5.93. The Balaban J connectivity index is 1.71. The van der Waals surface area contributed by atoms with E-state index in [1.807, 2.05) is 43.3 Å². The Morgan fingerprint density at radius 3 is 1.97 bits per heavy atom. The van der Waals surface area contributed by atoms with Gasteiger partial charge in [-0.15, -0.1) is 0 Å². The molecule has 0 heterocycles. The number of nitrogens with one attached hydrogen (secondary N) is 2. The van der Waals surface area contributed by atoms with Crippen molar-refractivity contribution in [3.8, 4) is 11.1 Å².